The van der Waals surface area contributed by atoms with Crippen molar-refractivity contribution in [3.8, 4) is 0 Å². The Morgan fingerprint density at radius 2 is 2.00 bits per heavy atom. The number of hydrogen-bond acceptors (Lipinski definition) is 1. The minimum absolute atomic E-state index is 0.583. The van der Waals surface area contributed by atoms with Gasteiger partial charge >= 0.3 is 0 Å². The summed E-state index contributed by atoms with van der Waals surface area (Å²) >= 11 is 6.85. The van der Waals surface area contributed by atoms with Gasteiger partial charge in [-0.1, -0.05) is 31.9 Å². The minimum atomic E-state index is 0.583. The Labute approximate surface area is 83.2 Å². The van der Waals surface area contributed by atoms with Gasteiger partial charge in [-0.15, -0.1) is 0 Å². The van der Waals surface area contributed by atoms with Crippen molar-refractivity contribution in [1.29, 1.82) is 0 Å². The Morgan fingerprint density at radius 3 is 2.45 bits per heavy atom. The van der Waals surface area contributed by atoms with Crippen LogP contribution in [-0.2, 0) is 6.54 Å². The maximum absolute atomic E-state index is 5.56. The molecule has 0 aliphatic heterocycles. The molecule has 0 unspecified atom stereocenters. The van der Waals surface area contributed by atoms with Crippen LogP contribution in [0.1, 0.15) is 11.1 Å². The van der Waals surface area contributed by atoms with Gasteiger partial charge in [0.2, 0.25) is 0 Å². The Morgan fingerprint density at radius 1 is 1.36 bits per heavy atom. The number of benzene rings is 1. The molecule has 0 fully saturated rings. The van der Waals surface area contributed by atoms with E-state index in [1.54, 1.807) is 0 Å². The number of rotatable bonds is 1. The van der Waals surface area contributed by atoms with Crippen LogP contribution in [0.15, 0.2) is 21.1 Å². The van der Waals surface area contributed by atoms with Gasteiger partial charge in [0.1, 0.15) is 0 Å². The molecule has 0 radical (unpaired) electrons. The van der Waals surface area contributed by atoms with Gasteiger partial charge in [0.25, 0.3) is 0 Å². The highest BCUT2D eigenvalue weighted by atomic mass is 79.9. The quantitative estimate of drug-likeness (QED) is 0.840. The topological polar surface area (TPSA) is 26.0 Å². The average molecular weight is 279 g/mol. The predicted molar refractivity (Wildman–Crippen MR) is 54.5 cm³/mol. The largest absolute Gasteiger partial charge is 0.326 e. The molecule has 1 rings (SSSR count). The molecule has 0 aliphatic rings. The number of nitrogens with two attached hydrogens (primary N) is 1. The van der Waals surface area contributed by atoms with Gasteiger partial charge in [-0.3, -0.25) is 0 Å². The fourth-order valence-electron chi connectivity index (χ4n) is 0.991. The van der Waals surface area contributed by atoms with Gasteiger partial charge in [-0.2, -0.15) is 0 Å². The highest BCUT2D eigenvalue weighted by Gasteiger charge is 2.02. The number of aryl methyl sites for hydroxylation is 1. The first-order valence-electron chi connectivity index (χ1n) is 3.29. The normalized spacial score (nSPS) is 10.2. The van der Waals surface area contributed by atoms with Crippen molar-refractivity contribution in [3.63, 3.8) is 0 Å². The second-order valence-corrected chi connectivity index (χ2v) is 4.16. The molecule has 0 heterocycles. The van der Waals surface area contributed by atoms with Crippen molar-refractivity contribution < 1.29 is 0 Å². The van der Waals surface area contributed by atoms with E-state index in [1.807, 2.05) is 6.07 Å². The summed E-state index contributed by atoms with van der Waals surface area (Å²) in [5.41, 5.74) is 7.95. The van der Waals surface area contributed by atoms with Crippen LogP contribution in [0.5, 0.6) is 0 Å². The zero-order valence-electron chi connectivity index (χ0n) is 6.20. The molecule has 0 spiro atoms. The highest BCUT2D eigenvalue weighted by molar-refractivity contribution is 9.11. The van der Waals surface area contributed by atoms with Gasteiger partial charge < -0.3 is 5.73 Å². The Kier molecular flexibility index (Phi) is 3.10. The molecule has 11 heavy (non-hydrogen) atoms. The summed E-state index contributed by atoms with van der Waals surface area (Å²) in [6.45, 7) is 2.64. The molecule has 1 aromatic rings. The van der Waals surface area contributed by atoms with Crippen LogP contribution >= 0.6 is 31.9 Å². The lowest BCUT2D eigenvalue weighted by Crippen LogP contribution is -1.99. The first-order chi connectivity index (χ1) is 5.15. The molecule has 0 bridgehead atoms. The van der Waals surface area contributed by atoms with E-state index in [1.165, 1.54) is 11.1 Å². The molecule has 0 saturated heterocycles. The highest BCUT2D eigenvalue weighted by Crippen LogP contribution is 2.24. The molecular formula is C8H9Br2N. The molecule has 1 nitrogen and oxygen atoms in total. The SMILES string of the molecule is Cc1cc(Br)cc(Br)c1CN. The zero-order chi connectivity index (χ0) is 8.43. The molecule has 60 valence electrons. The molecular weight excluding hydrogens is 270 g/mol. The summed E-state index contributed by atoms with van der Waals surface area (Å²) in [7, 11) is 0. The summed E-state index contributed by atoms with van der Waals surface area (Å²) in [6.07, 6.45) is 0. The summed E-state index contributed by atoms with van der Waals surface area (Å²) in [5.74, 6) is 0. The third kappa shape index (κ3) is 2.04. The van der Waals surface area contributed by atoms with Gasteiger partial charge in [0, 0.05) is 15.5 Å². The van der Waals surface area contributed by atoms with E-state index < -0.39 is 0 Å². The maximum atomic E-state index is 5.56. The van der Waals surface area contributed by atoms with Crippen molar-refractivity contribution >= 4 is 31.9 Å². The summed E-state index contributed by atoms with van der Waals surface area (Å²) in [6, 6.07) is 4.07. The molecule has 0 saturated carbocycles. The molecule has 0 atom stereocenters. The van der Waals surface area contributed by atoms with Crippen molar-refractivity contribution in [2.75, 3.05) is 0 Å². The van der Waals surface area contributed by atoms with E-state index in [0.29, 0.717) is 6.54 Å². The van der Waals surface area contributed by atoms with Crippen LogP contribution in [0.25, 0.3) is 0 Å². The summed E-state index contributed by atoms with van der Waals surface area (Å²) in [4.78, 5) is 0. The first kappa shape index (κ1) is 9.23. The fraction of sp³-hybridized carbons (Fsp3) is 0.250. The lowest BCUT2D eigenvalue weighted by molar-refractivity contribution is 1.04. The monoisotopic (exact) mass is 277 g/mol. The Bertz CT molecular complexity index is 248. The molecule has 0 aromatic heterocycles. The van der Waals surface area contributed by atoms with E-state index in [9.17, 15) is 0 Å². The van der Waals surface area contributed by atoms with Gasteiger partial charge in [0.05, 0.1) is 0 Å². The van der Waals surface area contributed by atoms with Crippen molar-refractivity contribution in [1.82, 2.24) is 0 Å². The molecule has 1 aromatic carbocycles. The van der Waals surface area contributed by atoms with E-state index in [4.69, 9.17) is 5.73 Å². The van der Waals surface area contributed by atoms with E-state index >= 15 is 0 Å². The molecule has 2 N–H and O–H groups in total. The lowest BCUT2D eigenvalue weighted by atomic mass is 10.1. The van der Waals surface area contributed by atoms with Crippen LogP contribution in [0.2, 0.25) is 0 Å². The van der Waals surface area contributed by atoms with E-state index in [-0.39, 0.29) is 0 Å². The second kappa shape index (κ2) is 3.70. The van der Waals surface area contributed by atoms with Gasteiger partial charge in [-0.05, 0) is 30.2 Å². The third-order valence-corrected chi connectivity index (χ3v) is 2.75. The van der Waals surface area contributed by atoms with Crippen LogP contribution in [0.3, 0.4) is 0 Å². The van der Waals surface area contributed by atoms with Crippen LogP contribution < -0.4 is 5.73 Å². The Balaban J connectivity index is 3.25. The predicted octanol–water partition coefficient (Wildman–Crippen LogP) is 2.98. The van der Waals surface area contributed by atoms with E-state index in [0.717, 1.165) is 8.95 Å². The molecule has 0 amide bonds. The zero-order valence-corrected chi connectivity index (χ0v) is 9.37. The first-order valence-corrected chi connectivity index (χ1v) is 4.88. The van der Waals surface area contributed by atoms with E-state index in [2.05, 4.69) is 44.8 Å². The summed E-state index contributed by atoms with van der Waals surface area (Å²) < 4.78 is 2.16. The Hall–Kier alpha value is 0.140. The van der Waals surface area contributed by atoms with Crippen LogP contribution in [-0.4, -0.2) is 0 Å². The molecule has 3 heteroatoms. The van der Waals surface area contributed by atoms with Crippen molar-refractivity contribution in [3.05, 3.63) is 32.2 Å². The number of halogens is 2. The van der Waals surface area contributed by atoms with Crippen LogP contribution in [0, 0.1) is 6.92 Å². The smallest absolute Gasteiger partial charge is 0.0234 e. The summed E-state index contributed by atoms with van der Waals surface area (Å²) in [5, 5.41) is 0. The van der Waals surface area contributed by atoms with Gasteiger partial charge in [0.15, 0.2) is 0 Å². The molecule has 0 aliphatic carbocycles. The number of hydrogen-bond donors (Lipinski definition) is 1. The van der Waals surface area contributed by atoms with Crippen LogP contribution in [0.4, 0.5) is 0 Å². The third-order valence-electron chi connectivity index (χ3n) is 1.59. The fourth-order valence-corrected chi connectivity index (χ4v) is 2.59. The second-order valence-electron chi connectivity index (χ2n) is 2.39. The van der Waals surface area contributed by atoms with Gasteiger partial charge in [-0.25, -0.2) is 0 Å². The lowest BCUT2D eigenvalue weighted by Gasteiger charge is -2.05. The van der Waals surface area contributed by atoms with Crippen molar-refractivity contribution in [2.45, 2.75) is 13.5 Å². The minimum Gasteiger partial charge on any atom is -0.326 e. The average Bonchev–Trinajstić information content (AvgIpc) is 1.85. The van der Waals surface area contributed by atoms with Crippen molar-refractivity contribution in [2.24, 2.45) is 5.73 Å². The maximum Gasteiger partial charge on any atom is 0.0234 e. The standard InChI is InChI=1S/C8H9Br2N/c1-5-2-6(9)3-8(10)7(5)4-11/h2-3H,4,11H2,1H3.